The molecule has 3 atom stereocenters. The molecular formula is C13H18O3. The second kappa shape index (κ2) is 4.53. The second-order valence-electron chi connectivity index (χ2n) is 4.57. The largest absolute Gasteiger partial charge is 0.394 e. The van der Waals surface area contributed by atoms with E-state index in [1.54, 1.807) is 0 Å². The summed E-state index contributed by atoms with van der Waals surface area (Å²) in [5.74, 6) is 0. The third-order valence-electron chi connectivity index (χ3n) is 3.02. The summed E-state index contributed by atoms with van der Waals surface area (Å²) in [6.45, 7) is 3.97. The van der Waals surface area contributed by atoms with E-state index in [0.29, 0.717) is 6.42 Å². The minimum absolute atomic E-state index is 0.0919. The molecule has 0 aromatic heterocycles. The predicted molar refractivity (Wildman–Crippen MR) is 61.2 cm³/mol. The molecule has 0 unspecified atom stereocenters. The monoisotopic (exact) mass is 222 g/mol. The summed E-state index contributed by atoms with van der Waals surface area (Å²) in [6, 6.07) is 6.26. The van der Waals surface area contributed by atoms with Crippen LogP contribution in [0.25, 0.3) is 0 Å². The average molecular weight is 222 g/mol. The van der Waals surface area contributed by atoms with Gasteiger partial charge in [0.1, 0.15) is 6.10 Å². The van der Waals surface area contributed by atoms with Crippen LogP contribution in [0.4, 0.5) is 0 Å². The molecule has 1 saturated heterocycles. The van der Waals surface area contributed by atoms with Gasteiger partial charge in [-0.05, 0) is 19.4 Å². The van der Waals surface area contributed by atoms with Crippen LogP contribution in [0.1, 0.15) is 29.2 Å². The summed E-state index contributed by atoms with van der Waals surface area (Å²) in [4.78, 5) is 0. The second-order valence-corrected chi connectivity index (χ2v) is 4.57. The zero-order valence-corrected chi connectivity index (χ0v) is 9.68. The van der Waals surface area contributed by atoms with Crippen molar-refractivity contribution >= 4 is 0 Å². The van der Waals surface area contributed by atoms with Crippen molar-refractivity contribution in [2.45, 2.75) is 38.6 Å². The molecule has 0 saturated carbocycles. The standard InChI is InChI=1S/C13H18O3/c1-8-3-9(2)5-10(4-8)12-6-11(15)13(7-14)16-12/h3-5,11-15H,6-7H2,1-2H3/t11-,12+,13+/m0/s1. The number of rotatable bonds is 2. The highest BCUT2D eigenvalue weighted by Gasteiger charge is 2.34. The highest BCUT2D eigenvalue weighted by atomic mass is 16.5. The van der Waals surface area contributed by atoms with Crippen molar-refractivity contribution in [2.24, 2.45) is 0 Å². The minimum Gasteiger partial charge on any atom is -0.394 e. The summed E-state index contributed by atoms with van der Waals surface area (Å²) >= 11 is 0. The van der Waals surface area contributed by atoms with Crippen LogP contribution < -0.4 is 0 Å². The van der Waals surface area contributed by atoms with E-state index in [1.807, 2.05) is 13.8 Å². The number of hydrogen-bond donors (Lipinski definition) is 2. The molecule has 0 aliphatic carbocycles. The van der Waals surface area contributed by atoms with Gasteiger partial charge in [-0.15, -0.1) is 0 Å². The fourth-order valence-electron chi connectivity index (χ4n) is 2.30. The Hall–Kier alpha value is -0.900. The van der Waals surface area contributed by atoms with Crippen LogP contribution in [0, 0.1) is 13.8 Å². The van der Waals surface area contributed by atoms with E-state index in [-0.39, 0.29) is 12.7 Å². The predicted octanol–water partition coefficient (Wildman–Crippen LogP) is 1.49. The molecule has 1 aromatic rings. The van der Waals surface area contributed by atoms with Gasteiger partial charge < -0.3 is 14.9 Å². The van der Waals surface area contributed by atoms with E-state index in [4.69, 9.17) is 9.84 Å². The first-order valence-corrected chi connectivity index (χ1v) is 5.62. The van der Waals surface area contributed by atoms with Gasteiger partial charge >= 0.3 is 0 Å². The summed E-state index contributed by atoms with van der Waals surface area (Å²) in [5.41, 5.74) is 3.48. The molecule has 1 aliphatic rings. The molecular weight excluding hydrogens is 204 g/mol. The van der Waals surface area contributed by atoms with Gasteiger partial charge in [0.2, 0.25) is 0 Å². The van der Waals surface area contributed by atoms with Crippen molar-refractivity contribution in [1.82, 2.24) is 0 Å². The Labute approximate surface area is 95.7 Å². The van der Waals surface area contributed by atoms with Crippen LogP contribution in [0.3, 0.4) is 0 Å². The van der Waals surface area contributed by atoms with Crippen LogP contribution in [0.2, 0.25) is 0 Å². The smallest absolute Gasteiger partial charge is 0.107 e. The van der Waals surface area contributed by atoms with Crippen molar-refractivity contribution in [1.29, 1.82) is 0 Å². The lowest BCUT2D eigenvalue weighted by molar-refractivity contribution is -0.0225. The fraction of sp³-hybridized carbons (Fsp3) is 0.538. The van der Waals surface area contributed by atoms with Gasteiger partial charge in [-0.25, -0.2) is 0 Å². The fourth-order valence-corrected chi connectivity index (χ4v) is 2.30. The third-order valence-corrected chi connectivity index (χ3v) is 3.02. The minimum atomic E-state index is -0.559. The SMILES string of the molecule is Cc1cc(C)cc([C@H]2C[C@H](O)[C@@H](CO)O2)c1. The number of hydrogen-bond acceptors (Lipinski definition) is 3. The van der Waals surface area contributed by atoms with E-state index >= 15 is 0 Å². The normalized spacial score (nSPS) is 29.6. The molecule has 1 aliphatic heterocycles. The highest BCUT2D eigenvalue weighted by molar-refractivity contribution is 5.30. The molecule has 2 rings (SSSR count). The Morgan fingerprint density at radius 3 is 2.38 bits per heavy atom. The first kappa shape index (κ1) is 11.6. The van der Waals surface area contributed by atoms with Crippen LogP contribution in [-0.2, 0) is 4.74 Å². The van der Waals surface area contributed by atoms with Gasteiger partial charge in [0, 0.05) is 6.42 Å². The van der Waals surface area contributed by atoms with Gasteiger partial charge in [-0.2, -0.15) is 0 Å². The summed E-state index contributed by atoms with van der Waals surface area (Å²) in [6.07, 6.45) is -0.527. The zero-order valence-electron chi connectivity index (χ0n) is 9.68. The lowest BCUT2D eigenvalue weighted by Gasteiger charge is -2.13. The molecule has 16 heavy (non-hydrogen) atoms. The summed E-state index contributed by atoms with van der Waals surface area (Å²) < 4.78 is 5.62. The Balaban J connectivity index is 2.19. The zero-order chi connectivity index (χ0) is 11.7. The van der Waals surface area contributed by atoms with Crippen molar-refractivity contribution in [3.63, 3.8) is 0 Å². The number of aliphatic hydroxyl groups is 2. The van der Waals surface area contributed by atoms with Crippen LogP contribution in [0.5, 0.6) is 0 Å². The average Bonchev–Trinajstić information content (AvgIpc) is 2.58. The summed E-state index contributed by atoms with van der Waals surface area (Å²) in [5, 5.41) is 18.7. The van der Waals surface area contributed by atoms with E-state index in [2.05, 4.69) is 18.2 Å². The van der Waals surface area contributed by atoms with Crippen molar-refractivity contribution < 1.29 is 14.9 Å². The first-order chi connectivity index (χ1) is 7.60. The quantitative estimate of drug-likeness (QED) is 0.797. The Morgan fingerprint density at radius 1 is 1.25 bits per heavy atom. The van der Waals surface area contributed by atoms with E-state index < -0.39 is 12.2 Å². The highest BCUT2D eigenvalue weighted by Crippen LogP contribution is 2.33. The molecule has 3 heteroatoms. The Morgan fingerprint density at radius 2 is 1.88 bits per heavy atom. The topological polar surface area (TPSA) is 49.7 Å². The molecule has 1 fully saturated rings. The van der Waals surface area contributed by atoms with Crippen LogP contribution in [0.15, 0.2) is 18.2 Å². The van der Waals surface area contributed by atoms with Crippen LogP contribution >= 0.6 is 0 Å². The van der Waals surface area contributed by atoms with Crippen molar-refractivity contribution in [3.05, 3.63) is 34.9 Å². The number of benzene rings is 1. The maximum Gasteiger partial charge on any atom is 0.107 e. The van der Waals surface area contributed by atoms with E-state index in [9.17, 15) is 5.11 Å². The molecule has 1 heterocycles. The lowest BCUT2D eigenvalue weighted by Crippen LogP contribution is -2.24. The molecule has 0 radical (unpaired) electrons. The molecule has 1 aromatic carbocycles. The number of aryl methyl sites for hydroxylation is 2. The van der Waals surface area contributed by atoms with Gasteiger partial charge in [-0.3, -0.25) is 0 Å². The maximum absolute atomic E-state index is 9.67. The van der Waals surface area contributed by atoms with Crippen LogP contribution in [-0.4, -0.2) is 29.0 Å². The van der Waals surface area contributed by atoms with E-state index in [0.717, 1.165) is 5.56 Å². The van der Waals surface area contributed by atoms with Gasteiger partial charge in [0.05, 0.1) is 18.8 Å². The number of aliphatic hydroxyl groups excluding tert-OH is 2. The maximum atomic E-state index is 9.67. The Bertz CT molecular complexity index is 355. The molecule has 0 bridgehead atoms. The summed E-state index contributed by atoms with van der Waals surface area (Å²) in [7, 11) is 0. The van der Waals surface area contributed by atoms with E-state index in [1.165, 1.54) is 11.1 Å². The molecule has 0 spiro atoms. The van der Waals surface area contributed by atoms with Gasteiger partial charge in [-0.1, -0.05) is 29.3 Å². The molecule has 2 N–H and O–H groups in total. The van der Waals surface area contributed by atoms with Gasteiger partial charge in [0.15, 0.2) is 0 Å². The van der Waals surface area contributed by atoms with Crippen molar-refractivity contribution in [3.8, 4) is 0 Å². The van der Waals surface area contributed by atoms with Gasteiger partial charge in [0.25, 0.3) is 0 Å². The van der Waals surface area contributed by atoms with Crippen molar-refractivity contribution in [2.75, 3.05) is 6.61 Å². The molecule has 0 amide bonds. The number of ether oxygens (including phenoxy) is 1. The molecule has 3 nitrogen and oxygen atoms in total. The first-order valence-electron chi connectivity index (χ1n) is 5.62. The Kier molecular flexibility index (Phi) is 3.28. The molecule has 88 valence electrons. The lowest BCUT2D eigenvalue weighted by atomic mass is 10.0. The third kappa shape index (κ3) is 2.26.